The first-order valence-electron chi connectivity index (χ1n) is 8.28. The monoisotopic (exact) mass is 334 g/mol. The molecule has 2 rings (SSSR count). The molecule has 1 atom stereocenters. The average Bonchev–Trinajstić information content (AvgIpc) is 2.52. The molecular weight excluding hydrogens is 308 g/mol. The lowest BCUT2D eigenvalue weighted by atomic mass is 9.97. The molecule has 0 aromatic heterocycles. The first-order chi connectivity index (χ1) is 11.2. The minimum Gasteiger partial charge on any atom is -0.481 e. The van der Waals surface area contributed by atoms with Crippen LogP contribution >= 0.6 is 0 Å². The molecule has 1 heterocycles. The van der Waals surface area contributed by atoms with E-state index in [1.807, 2.05) is 45.0 Å². The molecule has 6 heteroatoms. The van der Waals surface area contributed by atoms with Gasteiger partial charge in [-0.1, -0.05) is 12.1 Å². The van der Waals surface area contributed by atoms with E-state index >= 15 is 0 Å². The highest BCUT2D eigenvalue weighted by Gasteiger charge is 2.25. The summed E-state index contributed by atoms with van der Waals surface area (Å²) in [4.78, 5) is 25.0. The van der Waals surface area contributed by atoms with Crippen molar-refractivity contribution in [2.75, 3.05) is 18.0 Å². The van der Waals surface area contributed by atoms with Crippen LogP contribution in [0.5, 0.6) is 0 Å². The van der Waals surface area contributed by atoms with Crippen LogP contribution in [0.25, 0.3) is 0 Å². The highest BCUT2D eigenvalue weighted by atomic mass is 16.6. The molecule has 24 heavy (non-hydrogen) atoms. The molecule has 1 amide bonds. The minimum atomic E-state index is -0.734. The number of carbonyl (C=O) groups excluding carboxylic acids is 1. The maximum Gasteiger partial charge on any atom is 0.407 e. The summed E-state index contributed by atoms with van der Waals surface area (Å²) in [5.41, 5.74) is 1.42. The van der Waals surface area contributed by atoms with E-state index in [-0.39, 0.29) is 5.92 Å². The predicted octanol–water partition coefficient (Wildman–Crippen LogP) is 3.01. The summed E-state index contributed by atoms with van der Waals surface area (Å²) in [5, 5.41) is 11.9. The first kappa shape index (κ1) is 18.1. The maximum atomic E-state index is 11.7. The quantitative estimate of drug-likeness (QED) is 0.885. The van der Waals surface area contributed by atoms with Gasteiger partial charge in [-0.05, 0) is 51.3 Å². The Hall–Kier alpha value is -2.24. The molecule has 0 spiro atoms. The number of aliphatic carboxylic acids is 1. The second-order valence-electron chi connectivity index (χ2n) is 7.15. The zero-order valence-corrected chi connectivity index (χ0v) is 14.5. The summed E-state index contributed by atoms with van der Waals surface area (Å²) in [6.07, 6.45) is 1.15. The van der Waals surface area contributed by atoms with Gasteiger partial charge in [-0.3, -0.25) is 4.79 Å². The van der Waals surface area contributed by atoms with Crippen molar-refractivity contribution >= 4 is 17.7 Å². The number of hydrogen-bond donors (Lipinski definition) is 2. The van der Waals surface area contributed by atoms with Crippen LogP contribution in [0.1, 0.15) is 39.2 Å². The Balaban J connectivity index is 1.96. The Bertz CT molecular complexity index is 595. The Labute approximate surface area is 142 Å². The van der Waals surface area contributed by atoms with Gasteiger partial charge in [0, 0.05) is 25.3 Å². The van der Waals surface area contributed by atoms with Crippen LogP contribution in [-0.2, 0) is 16.1 Å². The number of carbonyl (C=O) groups is 2. The number of rotatable bonds is 4. The smallest absolute Gasteiger partial charge is 0.407 e. The van der Waals surface area contributed by atoms with Gasteiger partial charge >= 0.3 is 12.1 Å². The number of anilines is 1. The summed E-state index contributed by atoms with van der Waals surface area (Å²) in [6.45, 7) is 7.22. The van der Waals surface area contributed by atoms with E-state index in [0.717, 1.165) is 30.6 Å². The fourth-order valence-corrected chi connectivity index (χ4v) is 2.76. The summed E-state index contributed by atoms with van der Waals surface area (Å²) in [6, 6.07) is 7.81. The van der Waals surface area contributed by atoms with Gasteiger partial charge in [0.1, 0.15) is 5.60 Å². The van der Waals surface area contributed by atoms with E-state index in [0.29, 0.717) is 13.1 Å². The third-order valence-electron chi connectivity index (χ3n) is 3.88. The van der Waals surface area contributed by atoms with Gasteiger partial charge < -0.3 is 20.1 Å². The standard InChI is InChI=1S/C18H26N2O4/c1-18(2,3)24-17(23)19-11-13-6-4-8-15(10-13)20-9-5-7-14(12-20)16(21)22/h4,6,8,10,14H,5,7,9,11-12H2,1-3H3,(H,19,23)(H,21,22). The molecule has 2 N–H and O–H groups in total. The van der Waals surface area contributed by atoms with Crippen molar-refractivity contribution in [3.8, 4) is 0 Å². The molecule has 0 aliphatic carbocycles. The molecule has 0 radical (unpaired) electrons. The van der Waals surface area contributed by atoms with Crippen molar-refractivity contribution in [1.29, 1.82) is 0 Å². The van der Waals surface area contributed by atoms with E-state index in [9.17, 15) is 14.7 Å². The van der Waals surface area contributed by atoms with Crippen LogP contribution in [-0.4, -0.2) is 35.9 Å². The Kier molecular flexibility index (Phi) is 5.70. The number of hydrogen-bond acceptors (Lipinski definition) is 4. The van der Waals surface area contributed by atoms with Crippen molar-refractivity contribution in [1.82, 2.24) is 5.32 Å². The molecule has 132 valence electrons. The lowest BCUT2D eigenvalue weighted by Gasteiger charge is -2.32. The second-order valence-corrected chi connectivity index (χ2v) is 7.15. The third kappa shape index (κ3) is 5.44. The third-order valence-corrected chi connectivity index (χ3v) is 3.88. The lowest BCUT2D eigenvalue weighted by Crippen LogP contribution is -2.38. The van der Waals surface area contributed by atoms with Gasteiger partial charge in [0.2, 0.25) is 0 Å². The minimum absolute atomic E-state index is 0.317. The summed E-state index contributed by atoms with van der Waals surface area (Å²) in [5.74, 6) is -1.05. The molecule has 1 aromatic rings. The molecule has 1 aliphatic rings. The second kappa shape index (κ2) is 7.55. The Morgan fingerprint density at radius 3 is 2.79 bits per heavy atom. The molecule has 1 unspecified atom stereocenters. The maximum absolute atomic E-state index is 11.7. The largest absolute Gasteiger partial charge is 0.481 e. The SMILES string of the molecule is CC(C)(C)OC(=O)NCc1cccc(N2CCCC(C(=O)O)C2)c1. The van der Waals surface area contributed by atoms with Gasteiger partial charge in [-0.15, -0.1) is 0 Å². The van der Waals surface area contributed by atoms with Crippen molar-refractivity contribution in [2.45, 2.75) is 45.8 Å². The zero-order valence-electron chi connectivity index (χ0n) is 14.5. The zero-order chi connectivity index (χ0) is 17.7. The van der Waals surface area contributed by atoms with Crippen LogP contribution in [0.15, 0.2) is 24.3 Å². The van der Waals surface area contributed by atoms with E-state index < -0.39 is 17.7 Å². The van der Waals surface area contributed by atoms with Crippen molar-refractivity contribution in [3.63, 3.8) is 0 Å². The van der Waals surface area contributed by atoms with E-state index in [1.165, 1.54) is 0 Å². The number of ether oxygens (including phenoxy) is 1. The van der Waals surface area contributed by atoms with Crippen LogP contribution in [0, 0.1) is 5.92 Å². The van der Waals surface area contributed by atoms with Crippen LogP contribution < -0.4 is 10.2 Å². The van der Waals surface area contributed by atoms with Crippen molar-refractivity contribution in [2.24, 2.45) is 5.92 Å². The normalized spacial score (nSPS) is 18.1. The molecule has 1 aromatic carbocycles. The first-order valence-corrected chi connectivity index (χ1v) is 8.28. The number of carboxylic acid groups (broad SMARTS) is 1. The Morgan fingerprint density at radius 1 is 1.38 bits per heavy atom. The van der Waals surface area contributed by atoms with Gasteiger partial charge in [-0.2, -0.15) is 0 Å². The van der Waals surface area contributed by atoms with E-state index in [4.69, 9.17) is 4.74 Å². The number of carboxylic acids is 1. The number of nitrogens with one attached hydrogen (secondary N) is 1. The van der Waals surface area contributed by atoms with Gasteiger partial charge in [0.05, 0.1) is 5.92 Å². The molecular formula is C18H26N2O4. The average molecular weight is 334 g/mol. The van der Waals surface area contributed by atoms with Gasteiger partial charge in [0.25, 0.3) is 0 Å². The van der Waals surface area contributed by atoms with E-state index in [2.05, 4.69) is 10.2 Å². The molecule has 0 saturated carbocycles. The topological polar surface area (TPSA) is 78.9 Å². The highest BCUT2D eigenvalue weighted by Crippen LogP contribution is 2.24. The number of amides is 1. The molecule has 1 aliphatic heterocycles. The van der Waals surface area contributed by atoms with Crippen molar-refractivity contribution < 1.29 is 19.4 Å². The van der Waals surface area contributed by atoms with Gasteiger partial charge in [0.15, 0.2) is 0 Å². The summed E-state index contributed by atoms with van der Waals surface area (Å²) in [7, 11) is 0. The predicted molar refractivity (Wildman–Crippen MR) is 92.1 cm³/mol. The lowest BCUT2D eigenvalue weighted by molar-refractivity contribution is -0.141. The highest BCUT2D eigenvalue weighted by molar-refractivity contribution is 5.71. The fraction of sp³-hybridized carbons (Fsp3) is 0.556. The van der Waals surface area contributed by atoms with Gasteiger partial charge in [-0.25, -0.2) is 4.79 Å². The molecule has 0 bridgehead atoms. The number of piperidine rings is 1. The Morgan fingerprint density at radius 2 is 2.12 bits per heavy atom. The van der Waals surface area contributed by atoms with E-state index in [1.54, 1.807) is 0 Å². The van der Waals surface area contributed by atoms with Crippen LogP contribution in [0.4, 0.5) is 10.5 Å². The fourth-order valence-electron chi connectivity index (χ4n) is 2.76. The molecule has 1 saturated heterocycles. The number of alkyl carbamates (subject to hydrolysis) is 1. The number of benzene rings is 1. The molecule has 1 fully saturated rings. The van der Waals surface area contributed by atoms with Crippen LogP contribution in [0.3, 0.4) is 0 Å². The summed E-state index contributed by atoms with van der Waals surface area (Å²) < 4.78 is 5.22. The van der Waals surface area contributed by atoms with Crippen LogP contribution in [0.2, 0.25) is 0 Å². The summed E-state index contributed by atoms with van der Waals surface area (Å²) >= 11 is 0. The molecule has 6 nitrogen and oxygen atoms in total. The number of nitrogens with zero attached hydrogens (tertiary/aromatic N) is 1. The van der Waals surface area contributed by atoms with Crippen molar-refractivity contribution in [3.05, 3.63) is 29.8 Å².